The molecule has 1 atom stereocenters. The number of benzene rings is 2. The number of fused-ring (bicyclic) bond motifs is 1. The highest BCUT2D eigenvalue weighted by Crippen LogP contribution is 2.35. The van der Waals surface area contributed by atoms with Gasteiger partial charge in [-0.1, -0.05) is 12.1 Å². The third kappa shape index (κ3) is 3.32. The molecule has 24 heavy (non-hydrogen) atoms. The van der Waals surface area contributed by atoms with Crippen molar-refractivity contribution in [1.82, 2.24) is 4.90 Å². The van der Waals surface area contributed by atoms with Crippen molar-refractivity contribution in [3.05, 3.63) is 53.3 Å². The van der Waals surface area contributed by atoms with Crippen LogP contribution in [0.25, 0.3) is 11.1 Å². The molecule has 0 radical (unpaired) electrons. The monoisotopic (exact) mass is 327 g/mol. The second-order valence-corrected chi connectivity index (χ2v) is 5.84. The predicted octanol–water partition coefficient (Wildman–Crippen LogP) is 2.05. The molecule has 0 aliphatic carbocycles. The number of hydrogen-bond acceptors (Lipinski definition) is 5. The fourth-order valence-electron chi connectivity index (χ4n) is 2.87. The van der Waals surface area contributed by atoms with Crippen molar-refractivity contribution in [3.8, 4) is 17.3 Å². The van der Waals surface area contributed by atoms with Gasteiger partial charge in [0.15, 0.2) is 6.19 Å². The van der Waals surface area contributed by atoms with Gasteiger partial charge in [-0.05, 0) is 46.5 Å². The number of anilines is 1. The summed E-state index contributed by atoms with van der Waals surface area (Å²) in [7, 11) is 0. The predicted molar refractivity (Wildman–Crippen MR) is 88.3 cm³/mol. The normalized spacial score (nSPS) is 14.2. The maximum absolute atomic E-state index is 13.2. The topological polar surface area (TPSA) is 79.5 Å². The first-order valence-corrected chi connectivity index (χ1v) is 7.70. The number of aliphatic hydroxyl groups is 2. The molecule has 0 saturated heterocycles. The Morgan fingerprint density at radius 2 is 2.00 bits per heavy atom. The molecule has 1 aliphatic rings. The smallest absolute Gasteiger partial charge is 0.179 e. The van der Waals surface area contributed by atoms with Crippen molar-refractivity contribution in [1.29, 1.82) is 5.26 Å². The van der Waals surface area contributed by atoms with Crippen molar-refractivity contribution in [2.75, 3.05) is 18.5 Å². The third-order valence-electron chi connectivity index (χ3n) is 4.10. The van der Waals surface area contributed by atoms with E-state index in [1.807, 2.05) is 12.1 Å². The van der Waals surface area contributed by atoms with Crippen molar-refractivity contribution < 1.29 is 14.6 Å². The average Bonchev–Trinajstić information content (AvgIpc) is 3.02. The summed E-state index contributed by atoms with van der Waals surface area (Å²) in [4.78, 5) is 1.66. The number of aliphatic hydroxyl groups excluding tert-OH is 2. The molecule has 0 fully saturated rings. The number of halogens is 1. The zero-order chi connectivity index (χ0) is 17.1. The van der Waals surface area contributed by atoms with E-state index in [-0.39, 0.29) is 19.0 Å². The molecule has 3 rings (SSSR count). The molecular formula is C18H18FN3O2. The van der Waals surface area contributed by atoms with E-state index in [1.165, 1.54) is 12.1 Å². The summed E-state index contributed by atoms with van der Waals surface area (Å²) in [6, 6.07) is 10.1. The molecule has 0 amide bonds. The van der Waals surface area contributed by atoms with Crippen molar-refractivity contribution in [2.45, 2.75) is 19.2 Å². The molecule has 3 N–H and O–H groups in total. The van der Waals surface area contributed by atoms with Crippen LogP contribution in [0.3, 0.4) is 0 Å². The van der Waals surface area contributed by atoms with Crippen molar-refractivity contribution in [3.63, 3.8) is 0 Å². The van der Waals surface area contributed by atoms with Gasteiger partial charge in [0.05, 0.1) is 25.8 Å². The highest BCUT2D eigenvalue weighted by molar-refractivity contribution is 5.74. The maximum atomic E-state index is 13.2. The number of nitrogens with one attached hydrogen (secondary N) is 1. The van der Waals surface area contributed by atoms with Crippen LogP contribution in [0.5, 0.6) is 0 Å². The second kappa shape index (κ2) is 6.87. The SMILES string of the molecule is N#CN1Cc2cc(NC[C@H](O)CO)cc(-c3ccc(F)cc3)c2C1. The van der Waals surface area contributed by atoms with Gasteiger partial charge in [0.2, 0.25) is 0 Å². The Bertz CT molecular complexity index is 771. The first kappa shape index (κ1) is 16.2. The molecule has 0 spiro atoms. The Morgan fingerprint density at radius 1 is 1.25 bits per heavy atom. The lowest BCUT2D eigenvalue weighted by atomic mass is 9.96. The van der Waals surface area contributed by atoms with E-state index in [4.69, 9.17) is 10.4 Å². The molecule has 0 unspecified atom stereocenters. The van der Waals surface area contributed by atoms with Gasteiger partial charge in [0, 0.05) is 12.2 Å². The van der Waals surface area contributed by atoms with Crippen molar-refractivity contribution >= 4 is 5.69 Å². The van der Waals surface area contributed by atoms with Gasteiger partial charge in [-0.2, -0.15) is 5.26 Å². The molecule has 2 aromatic carbocycles. The molecule has 124 valence electrons. The van der Waals surface area contributed by atoms with Crippen LogP contribution in [0.15, 0.2) is 36.4 Å². The van der Waals surface area contributed by atoms with E-state index in [0.717, 1.165) is 27.9 Å². The van der Waals surface area contributed by atoms with Crippen LogP contribution in [-0.4, -0.2) is 34.4 Å². The number of rotatable bonds is 5. The van der Waals surface area contributed by atoms with Gasteiger partial charge in [-0.3, -0.25) is 0 Å². The Hall–Kier alpha value is -2.62. The first-order chi connectivity index (χ1) is 11.6. The maximum Gasteiger partial charge on any atom is 0.179 e. The molecule has 0 saturated carbocycles. The van der Waals surface area contributed by atoms with E-state index in [2.05, 4.69) is 11.5 Å². The summed E-state index contributed by atoms with van der Waals surface area (Å²) in [5.41, 5.74) is 4.68. The summed E-state index contributed by atoms with van der Waals surface area (Å²) in [6.45, 7) is 0.960. The van der Waals surface area contributed by atoms with E-state index in [9.17, 15) is 9.50 Å². The zero-order valence-corrected chi connectivity index (χ0v) is 13.0. The second-order valence-electron chi connectivity index (χ2n) is 5.84. The molecule has 0 aromatic heterocycles. The van der Waals surface area contributed by atoms with Crippen LogP contribution >= 0.6 is 0 Å². The Labute approximate surface area is 139 Å². The van der Waals surface area contributed by atoms with Gasteiger partial charge < -0.3 is 20.4 Å². The number of nitriles is 1. The van der Waals surface area contributed by atoms with Crippen LogP contribution < -0.4 is 5.32 Å². The summed E-state index contributed by atoms with van der Waals surface area (Å²) in [5.74, 6) is -0.297. The number of nitrogens with zero attached hydrogens (tertiary/aromatic N) is 2. The standard InChI is InChI=1S/C18H18FN3O2/c19-14-3-1-12(2-4-14)17-6-15(21-7-16(24)10-23)5-13-8-22(11-20)9-18(13)17/h1-6,16,21,23-24H,7-10H2/t16-/m0/s1. The third-order valence-corrected chi connectivity index (χ3v) is 4.10. The zero-order valence-electron chi connectivity index (χ0n) is 13.0. The minimum atomic E-state index is -0.844. The van der Waals surface area contributed by atoms with Gasteiger partial charge in [-0.15, -0.1) is 0 Å². The van der Waals surface area contributed by atoms with E-state index in [1.54, 1.807) is 17.0 Å². The highest BCUT2D eigenvalue weighted by atomic mass is 19.1. The van der Waals surface area contributed by atoms with E-state index >= 15 is 0 Å². The van der Waals surface area contributed by atoms with E-state index in [0.29, 0.717) is 13.1 Å². The molecule has 0 bridgehead atoms. The lowest BCUT2D eigenvalue weighted by molar-refractivity contribution is 0.105. The van der Waals surface area contributed by atoms with Gasteiger partial charge in [0.25, 0.3) is 0 Å². The lowest BCUT2D eigenvalue weighted by Gasteiger charge is -2.15. The average molecular weight is 327 g/mol. The lowest BCUT2D eigenvalue weighted by Crippen LogP contribution is -2.23. The summed E-state index contributed by atoms with van der Waals surface area (Å²) >= 11 is 0. The highest BCUT2D eigenvalue weighted by Gasteiger charge is 2.22. The Balaban J connectivity index is 1.98. The minimum absolute atomic E-state index is 0.222. The van der Waals surface area contributed by atoms with Gasteiger partial charge >= 0.3 is 0 Å². The molecule has 2 aromatic rings. The number of hydrogen-bond donors (Lipinski definition) is 3. The summed E-state index contributed by atoms with van der Waals surface area (Å²) in [6.07, 6.45) is 1.31. The van der Waals surface area contributed by atoms with Crippen LogP contribution in [-0.2, 0) is 13.1 Å². The summed E-state index contributed by atoms with van der Waals surface area (Å²) < 4.78 is 13.2. The minimum Gasteiger partial charge on any atom is -0.394 e. The van der Waals surface area contributed by atoms with Crippen molar-refractivity contribution in [2.24, 2.45) is 0 Å². The van der Waals surface area contributed by atoms with Gasteiger partial charge in [0.1, 0.15) is 5.82 Å². The first-order valence-electron chi connectivity index (χ1n) is 7.70. The molecule has 1 aliphatic heterocycles. The molecule has 1 heterocycles. The van der Waals surface area contributed by atoms with Crippen LogP contribution in [0.4, 0.5) is 10.1 Å². The van der Waals surface area contributed by atoms with Gasteiger partial charge in [-0.25, -0.2) is 4.39 Å². The van der Waals surface area contributed by atoms with E-state index < -0.39 is 6.10 Å². The Morgan fingerprint density at radius 3 is 2.67 bits per heavy atom. The summed E-state index contributed by atoms with van der Waals surface area (Å²) in [5, 5.41) is 30.7. The van der Waals surface area contributed by atoms with Crippen LogP contribution in [0.2, 0.25) is 0 Å². The Kier molecular flexibility index (Phi) is 4.65. The van der Waals surface area contributed by atoms with Crippen LogP contribution in [0.1, 0.15) is 11.1 Å². The fraction of sp³-hybridized carbons (Fsp3) is 0.278. The molecule has 5 nitrogen and oxygen atoms in total. The van der Waals surface area contributed by atoms with Crippen LogP contribution in [0, 0.1) is 17.3 Å². The quantitative estimate of drug-likeness (QED) is 0.733. The fourth-order valence-corrected chi connectivity index (χ4v) is 2.87. The largest absolute Gasteiger partial charge is 0.394 e. The molecular weight excluding hydrogens is 309 g/mol. The molecule has 6 heteroatoms.